The molecule has 36 heavy (non-hydrogen) atoms. The molecule has 11 heteroatoms. The van der Waals surface area contributed by atoms with Crippen LogP contribution in [0.4, 0.5) is 5.69 Å². The van der Waals surface area contributed by atoms with E-state index in [1.807, 2.05) is 0 Å². The number of rotatable bonds is 9. The third-order valence-electron chi connectivity index (χ3n) is 5.26. The summed E-state index contributed by atoms with van der Waals surface area (Å²) in [6.07, 6.45) is 1.41. The zero-order valence-corrected chi connectivity index (χ0v) is 20.5. The number of methoxy groups -OCH3 is 2. The molecule has 10 nitrogen and oxygen atoms in total. The second-order valence-corrected chi connectivity index (χ2v) is 9.39. The number of hydrogen-bond acceptors (Lipinski definition) is 8. The highest BCUT2D eigenvalue weighted by atomic mass is 32.2. The normalized spacial score (nSPS) is 12.7. The van der Waals surface area contributed by atoms with Crippen LogP contribution in [-0.2, 0) is 14.8 Å². The number of fused-ring (bicyclic) bond motifs is 1. The second-order valence-electron chi connectivity index (χ2n) is 7.53. The number of benzene rings is 3. The molecule has 4 rings (SSSR count). The lowest BCUT2D eigenvalue weighted by atomic mass is 10.2. The van der Waals surface area contributed by atoms with Crippen molar-refractivity contribution in [3.63, 3.8) is 0 Å². The fourth-order valence-corrected chi connectivity index (χ4v) is 4.99. The summed E-state index contributed by atoms with van der Waals surface area (Å²) < 4.78 is 49.9. The number of ether oxygens (including phenoxy) is 4. The number of carbonyl (C=O) groups is 1. The van der Waals surface area contributed by atoms with E-state index in [4.69, 9.17) is 18.9 Å². The maximum atomic E-state index is 13.6. The Morgan fingerprint density at radius 1 is 1.03 bits per heavy atom. The van der Waals surface area contributed by atoms with Gasteiger partial charge in [0.05, 0.1) is 31.0 Å². The van der Waals surface area contributed by atoms with E-state index in [0.717, 1.165) is 4.31 Å². The van der Waals surface area contributed by atoms with Gasteiger partial charge in [-0.3, -0.25) is 9.10 Å². The van der Waals surface area contributed by atoms with E-state index in [1.165, 1.54) is 38.6 Å². The van der Waals surface area contributed by atoms with E-state index in [9.17, 15) is 13.2 Å². The smallest absolute Gasteiger partial charge is 0.264 e. The van der Waals surface area contributed by atoms with E-state index in [0.29, 0.717) is 36.0 Å². The molecule has 0 saturated carbocycles. The fourth-order valence-electron chi connectivity index (χ4n) is 3.55. The molecular formula is C25H25N3O7S. The van der Waals surface area contributed by atoms with Crippen molar-refractivity contribution < 1.29 is 32.2 Å². The highest BCUT2D eigenvalue weighted by molar-refractivity contribution is 7.92. The van der Waals surface area contributed by atoms with Gasteiger partial charge in [-0.2, -0.15) is 5.10 Å². The minimum atomic E-state index is -4.15. The van der Waals surface area contributed by atoms with Crippen LogP contribution in [0.3, 0.4) is 0 Å². The first-order valence-electron chi connectivity index (χ1n) is 10.9. The van der Waals surface area contributed by atoms with Crippen LogP contribution in [0.15, 0.2) is 76.7 Å². The summed E-state index contributed by atoms with van der Waals surface area (Å²) in [7, 11) is -1.28. The lowest BCUT2D eigenvalue weighted by Gasteiger charge is -2.25. The van der Waals surface area contributed by atoms with Gasteiger partial charge in [-0.1, -0.05) is 24.3 Å². The Hall–Kier alpha value is -4.25. The van der Waals surface area contributed by atoms with Crippen molar-refractivity contribution >= 4 is 27.8 Å². The third kappa shape index (κ3) is 5.36. The monoisotopic (exact) mass is 511 g/mol. The van der Waals surface area contributed by atoms with Crippen molar-refractivity contribution in [3.05, 3.63) is 72.3 Å². The first-order valence-corrected chi connectivity index (χ1v) is 12.4. The van der Waals surface area contributed by atoms with Gasteiger partial charge in [-0.25, -0.2) is 13.8 Å². The minimum Gasteiger partial charge on any atom is -0.497 e. The molecule has 1 N–H and O–H groups in total. The molecule has 1 aliphatic rings. The number of hydrazone groups is 1. The van der Waals surface area contributed by atoms with Gasteiger partial charge in [0.15, 0.2) is 11.5 Å². The first kappa shape index (κ1) is 24.9. The molecule has 1 aliphatic heterocycles. The molecule has 3 aromatic carbocycles. The molecule has 0 fully saturated rings. The topological polar surface area (TPSA) is 116 Å². The molecule has 0 radical (unpaired) electrons. The van der Waals surface area contributed by atoms with Crippen molar-refractivity contribution in [2.75, 3.05) is 38.3 Å². The molecule has 0 aromatic heterocycles. The number of nitrogens with one attached hydrogen (secondary N) is 1. The molecule has 0 aliphatic carbocycles. The zero-order valence-electron chi connectivity index (χ0n) is 19.7. The summed E-state index contributed by atoms with van der Waals surface area (Å²) in [4.78, 5) is 12.9. The molecular weight excluding hydrogens is 486 g/mol. The Bertz CT molecular complexity index is 1360. The van der Waals surface area contributed by atoms with Gasteiger partial charge in [0, 0.05) is 11.6 Å². The van der Waals surface area contributed by atoms with Gasteiger partial charge in [0.1, 0.15) is 31.3 Å². The molecule has 0 spiro atoms. The molecule has 1 amide bonds. The van der Waals surface area contributed by atoms with Gasteiger partial charge in [-0.05, 0) is 36.4 Å². The Labute approximate surface area is 209 Å². The lowest BCUT2D eigenvalue weighted by Crippen LogP contribution is -2.39. The van der Waals surface area contributed by atoms with Crippen LogP contribution in [0.25, 0.3) is 0 Å². The van der Waals surface area contributed by atoms with E-state index in [-0.39, 0.29) is 16.3 Å². The highest BCUT2D eigenvalue weighted by Gasteiger charge is 2.30. The van der Waals surface area contributed by atoms with Crippen molar-refractivity contribution in [1.82, 2.24) is 5.43 Å². The van der Waals surface area contributed by atoms with Crippen LogP contribution >= 0.6 is 0 Å². The molecule has 3 aromatic rings. The van der Waals surface area contributed by atoms with Crippen LogP contribution < -0.4 is 28.7 Å². The summed E-state index contributed by atoms with van der Waals surface area (Å²) in [6, 6.07) is 17.8. The average Bonchev–Trinajstić information content (AvgIpc) is 2.92. The van der Waals surface area contributed by atoms with E-state index >= 15 is 0 Å². The minimum absolute atomic E-state index is 0.0132. The largest absolute Gasteiger partial charge is 0.497 e. The zero-order chi connectivity index (χ0) is 25.5. The van der Waals surface area contributed by atoms with Gasteiger partial charge >= 0.3 is 0 Å². The van der Waals surface area contributed by atoms with Crippen molar-refractivity contribution in [1.29, 1.82) is 0 Å². The number of carbonyl (C=O) groups excluding carboxylic acids is 1. The van der Waals surface area contributed by atoms with Gasteiger partial charge in [-0.15, -0.1) is 0 Å². The summed E-state index contributed by atoms with van der Waals surface area (Å²) in [5.41, 5.74) is 3.13. The quantitative estimate of drug-likeness (QED) is 0.347. The number of para-hydroxylation sites is 1. The van der Waals surface area contributed by atoms with Crippen LogP contribution in [0.5, 0.6) is 23.0 Å². The summed E-state index contributed by atoms with van der Waals surface area (Å²) in [6.45, 7) is 0.285. The number of amides is 1. The van der Waals surface area contributed by atoms with Gasteiger partial charge in [0.2, 0.25) is 0 Å². The Morgan fingerprint density at radius 2 is 1.81 bits per heavy atom. The van der Waals surface area contributed by atoms with Crippen molar-refractivity contribution in [3.8, 4) is 23.0 Å². The van der Waals surface area contributed by atoms with Crippen LogP contribution in [-0.4, -0.2) is 54.5 Å². The van der Waals surface area contributed by atoms with Crippen LogP contribution in [0.2, 0.25) is 0 Å². The highest BCUT2D eigenvalue weighted by Crippen LogP contribution is 2.36. The second kappa shape index (κ2) is 11.0. The predicted molar refractivity (Wildman–Crippen MR) is 134 cm³/mol. The number of sulfonamides is 1. The molecule has 188 valence electrons. The predicted octanol–water partition coefficient (Wildman–Crippen LogP) is 2.82. The maximum absolute atomic E-state index is 13.6. The molecule has 0 saturated heterocycles. The Morgan fingerprint density at radius 3 is 2.56 bits per heavy atom. The SMILES string of the molecule is COc1ccc(OC)c(N(CC(=O)N/N=C/c2cccc3c2OCCO3)S(=O)(=O)c2ccccc2)c1. The average molecular weight is 512 g/mol. The number of anilines is 1. The van der Waals surface area contributed by atoms with Crippen molar-refractivity contribution in [2.24, 2.45) is 5.10 Å². The summed E-state index contributed by atoms with van der Waals surface area (Å²) in [5, 5.41) is 3.99. The van der Waals surface area contributed by atoms with E-state index in [1.54, 1.807) is 48.5 Å². The molecule has 1 heterocycles. The fraction of sp³-hybridized carbons (Fsp3) is 0.200. The first-order chi connectivity index (χ1) is 17.4. The van der Waals surface area contributed by atoms with Crippen molar-refractivity contribution in [2.45, 2.75) is 4.90 Å². The number of nitrogens with zero attached hydrogens (tertiary/aromatic N) is 2. The van der Waals surface area contributed by atoms with E-state index in [2.05, 4.69) is 10.5 Å². The summed E-state index contributed by atoms with van der Waals surface area (Å²) in [5.74, 6) is 1.09. The lowest BCUT2D eigenvalue weighted by molar-refractivity contribution is -0.119. The Kier molecular flexibility index (Phi) is 7.59. The maximum Gasteiger partial charge on any atom is 0.264 e. The molecule has 0 atom stereocenters. The molecule has 0 unspecified atom stereocenters. The van der Waals surface area contributed by atoms with Gasteiger partial charge in [0.25, 0.3) is 15.9 Å². The Balaban J connectivity index is 1.62. The van der Waals surface area contributed by atoms with Crippen LogP contribution in [0.1, 0.15) is 5.56 Å². The third-order valence-corrected chi connectivity index (χ3v) is 7.04. The summed E-state index contributed by atoms with van der Waals surface area (Å²) >= 11 is 0. The standard InChI is InChI=1S/C25H25N3O7S/c1-32-19-11-12-22(33-2)21(15-19)28(36(30,31)20-8-4-3-5-9-20)17-24(29)27-26-16-18-7-6-10-23-25(18)35-14-13-34-23/h3-12,15-16H,13-14,17H2,1-2H3,(H,27,29)/b26-16+. The van der Waals surface area contributed by atoms with Crippen LogP contribution in [0, 0.1) is 0 Å². The number of hydrogen-bond donors (Lipinski definition) is 1. The van der Waals surface area contributed by atoms with Gasteiger partial charge < -0.3 is 18.9 Å². The van der Waals surface area contributed by atoms with E-state index < -0.39 is 22.5 Å². The molecule has 0 bridgehead atoms.